The number of aromatic nitrogens is 2. The van der Waals surface area contributed by atoms with Crippen LogP contribution in [0.4, 0.5) is 0 Å². The fourth-order valence-electron chi connectivity index (χ4n) is 4.24. The van der Waals surface area contributed by atoms with Crippen LogP contribution in [0.25, 0.3) is 22.0 Å². The van der Waals surface area contributed by atoms with Gasteiger partial charge in [0.15, 0.2) is 11.5 Å². The van der Waals surface area contributed by atoms with Gasteiger partial charge in [0, 0.05) is 5.56 Å². The van der Waals surface area contributed by atoms with Crippen LogP contribution in [0.15, 0.2) is 72.1 Å². The number of aromatic amines is 1. The number of hydrogen-bond acceptors (Lipinski definition) is 6. The van der Waals surface area contributed by atoms with Crippen molar-refractivity contribution in [2.45, 2.75) is 5.92 Å². The zero-order valence-electron chi connectivity index (χ0n) is 16.3. The summed E-state index contributed by atoms with van der Waals surface area (Å²) in [6.45, 7) is 0.176. The highest BCUT2D eigenvalue weighted by Gasteiger charge is 2.36. The van der Waals surface area contributed by atoms with Crippen molar-refractivity contribution in [3.05, 3.63) is 83.2 Å². The number of fused-ring (bicyclic) bond motifs is 3. The highest BCUT2D eigenvalue weighted by atomic mass is 16.7. The van der Waals surface area contributed by atoms with Crippen LogP contribution in [-0.2, 0) is 0 Å². The highest BCUT2D eigenvalue weighted by Crippen LogP contribution is 2.47. The van der Waals surface area contributed by atoms with Gasteiger partial charge in [0.2, 0.25) is 18.6 Å². The van der Waals surface area contributed by atoms with Crippen molar-refractivity contribution in [3.63, 3.8) is 0 Å². The van der Waals surface area contributed by atoms with E-state index in [9.17, 15) is 5.26 Å². The second-order valence-electron chi connectivity index (χ2n) is 7.42. The van der Waals surface area contributed by atoms with E-state index in [2.05, 4.69) is 40.5 Å². The molecule has 2 aliphatic heterocycles. The molecular weight excluding hydrogens is 392 g/mol. The van der Waals surface area contributed by atoms with Crippen molar-refractivity contribution in [1.82, 2.24) is 10.2 Å². The van der Waals surface area contributed by atoms with Gasteiger partial charge in [-0.05, 0) is 34.5 Å². The summed E-state index contributed by atoms with van der Waals surface area (Å²) in [4.78, 5) is 0. The molecule has 4 aromatic rings. The number of nitrogens with two attached hydrogens (primary N) is 1. The molecule has 7 nitrogen and oxygen atoms in total. The van der Waals surface area contributed by atoms with Crippen LogP contribution in [0.2, 0.25) is 0 Å². The van der Waals surface area contributed by atoms with Gasteiger partial charge >= 0.3 is 0 Å². The third-order valence-electron chi connectivity index (χ3n) is 5.71. The van der Waals surface area contributed by atoms with E-state index < -0.39 is 5.92 Å². The van der Waals surface area contributed by atoms with E-state index in [1.807, 2.05) is 36.4 Å². The number of rotatable bonds is 2. The Morgan fingerprint density at radius 3 is 2.71 bits per heavy atom. The molecule has 7 heteroatoms. The minimum atomic E-state index is -0.455. The van der Waals surface area contributed by atoms with Crippen molar-refractivity contribution in [3.8, 4) is 34.7 Å². The van der Waals surface area contributed by atoms with E-state index >= 15 is 0 Å². The Bertz CT molecular complexity index is 1430. The number of H-pyrrole nitrogens is 1. The number of hydrogen-bond donors (Lipinski definition) is 2. The summed E-state index contributed by atoms with van der Waals surface area (Å²) in [7, 11) is 0. The van der Waals surface area contributed by atoms with Gasteiger partial charge in [-0.2, -0.15) is 5.26 Å². The van der Waals surface area contributed by atoms with E-state index in [1.165, 1.54) is 0 Å². The van der Waals surface area contributed by atoms with Crippen molar-refractivity contribution in [2.75, 3.05) is 6.79 Å². The lowest BCUT2D eigenvalue weighted by molar-refractivity contribution is 0.174. The van der Waals surface area contributed by atoms with Crippen molar-refractivity contribution >= 4 is 10.8 Å². The summed E-state index contributed by atoms with van der Waals surface area (Å²) >= 11 is 0. The predicted octanol–water partition coefficient (Wildman–Crippen LogP) is 4.18. The molecule has 1 atom stereocenters. The lowest BCUT2D eigenvalue weighted by Crippen LogP contribution is -2.21. The van der Waals surface area contributed by atoms with Gasteiger partial charge in [-0.3, -0.25) is 5.10 Å². The molecule has 0 bridgehead atoms. The molecule has 0 amide bonds. The number of benzene rings is 3. The summed E-state index contributed by atoms with van der Waals surface area (Å²) in [5, 5.41) is 19.6. The number of nitrogens with zero attached hydrogens (tertiary/aromatic N) is 2. The normalized spacial score (nSPS) is 16.7. The van der Waals surface area contributed by atoms with Crippen LogP contribution < -0.4 is 19.9 Å². The topological polar surface area (TPSA) is 106 Å². The van der Waals surface area contributed by atoms with E-state index in [4.69, 9.17) is 19.9 Å². The Morgan fingerprint density at radius 2 is 1.84 bits per heavy atom. The molecule has 3 aromatic carbocycles. The van der Waals surface area contributed by atoms with Crippen molar-refractivity contribution < 1.29 is 14.2 Å². The molecule has 2 aliphatic rings. The van der Waals surface area contributed by atoms with Crippen LogP contribution in [0, 0.1) is 11.3 Å². The first-order valence-electron chi connectivity index (χ1n) is 9.77. The maximum atomic E-state index is 9.90. The zero-order valence-corrected chi connectivity index (χ0v) is 16.3. The summed E-state index contributed by atoms with van der Waals surface area (Å²) in [5.41, 5.74) is 9.75. The molecular formula is C24H16N4O3. The first-order valence-corrected chi connectivity index (χ1v) is 9.77. The third kappa shape index (κ3) is 2.62. The first-order chi connectivity index (χ1) is 15.2. The Balaban J connectivity index is 1.56. The molecule has 0 fully saturated rings. The lowest BCUT2D eigenvalue weighted by atomic mass is 9.82. The minimum Gasteiger partial charge on any atom is -0.454 e. The Labute approximate surface area is 177 Å². The Kier molecular flexibility index (Phi) is 3.67. The largest absolute Gasteiger partial charge is 0.454 e. The number of allylic oxidation sites excluding steroid dienone is 1. The van der Waals surface area contributed by atoms with Crippen LogP contribution in [0.5, 0.6) is 17.4 Å². The van der Waals surface area contributed by atoms with Gasteiger partial charge in [0.25, 0.3) is 0 Å². The monoisotopic (exact) mass is 408 g/mol. The van der Waals surface area contributed by atoms with Gasteiger partial charge in [0.05, 0.1) is 17.2 Å². The molecule has 6 rings (SSSR count). The van der Waals surface area contributed by atoms with E-state index in [0.717, 1.165) is 33.2 Å². The summed E-state index contributed by atoms with van der Waals surface area (Å²) < 4.78 is 16.7. The Hall–Kier alpha value is -4.44. The molecule has 0 spiro atoms. The average Bonchev–Trinajstić information content (AvgIpc) is 3.44. The second kappa shape index (κ2) is 6.54. The quantitative estimate of drug-likeness (QED) is 0.515. The SMILES string of the molecule is N#CC1=C(N)Oc2n[nH]c(-c3ccc4ccccc4c3)c2[C@@H]1c1ccc2c(c1)OCO2. The van der Waals surface area contributed by atoms with Crippen LogP contribution in [0.3, 0.4) is 0 Å². The van der Waals surface area contributed by atoms with E-state index in [-0.39, 0.29) is 12.7 Å². The van der Waals surface area contributed by atoms with Gasteiger partial charge in [-0.15, -0.1) is 5.10 Å². The number of nitriles is 1. The maximum absolute atomic E-state index is 9.90. The predicted molar refractivity (Wildman–Crippen MR) is 113 cm³/mol. The smallest absolute Gasteiger partial charge is 0.244 e. The molecule has 0 unspecified atom stereocenters. The minimum absolute atomic E-state index is 0.0502. The summed E-state index contributed by atoms with van der Waals surface area (Å²) in [5.74, 6) is 1.27. The second-order valence-corrected chi connectivity index (χ2v) is 7.42. The molecule has 150 valence electrons. The van der Waals surface area contributed by atoms with Crippen LogP contribution in [0.1, 0.15) is 17.0 Å². The van der Waals surface area contributed by atoms with Gasteiger partial charge < -0.3 is 19.9 Å². The van der Waals surface area contributed by atoms with E-state index in [1.54, 1.807) is 0 Å². The third-order valence-corrected chi connectivity index (χ3v) is 5.71. The molecule has 0 radical (unpaired) electrons. The highest BCUT2D eigenvalue weighted by molar-refractivity contribution is 5.87. The van der Waals surface area contributed by atoms with Gasteiger partial charge in [0.1, 0.15) is 11.6 Å². The first kappa shape index (κ1) is 17.4. The summed E-state index contributed by atoms with van der Waals surface area (Å²) in [6, 6.07) is 22.2. The standard InChI is InChI=1S/C24H16N4O3/c25-11-17-20(15-7-8-18-19(10-15)30-12-29-18)21-22(27-28-24(21)31-23(17)26)16-6-5-13-3-1-2-4-14(13)9-16/h1-10,20H,12,26H2,(H,27,28)/t20-/m1/s1. The Morgan fingerprint density at radius 1 is 1.00 bits per heavy atom. The molecule has 3 heterocycles. The average molecular weight is 408 g/mol. The zero-order chi connectivity index (χ0) is 20.9. The number of nitrogens with one attached hydrogen (secondary N) is 1. The molecule has 3 N–H and O–H groups in total. The van der Waals surface area contributed by atoms with Gasteiger partial charge in [-0.25, -0.2) is 0 Å². The van der Waals surface area contributed by atoms with Crippen molar-refractivity contribution in [1.29, 1.82) is 5.26 Å². The molecule has 1 aromatic heterocycles. The van der Waals surface area contributed by atoms with E-state index in [0.29, 0.717) is 23.0 Å². The maximum Gasteiger partial charge on any atom is 0.244 e. The molecule has 0 saturated heterocycles. The molecule has 0 saturated carbocycles. The fraction of sp³-hybridized carbons (Fsp3) is 0.0833. The summed E-state index contributed by atoms with van der Waals surface area (Å²) in [6.07, 6.45) is 0. The lowest BCUT2D eigenvalue weighted by Gasteiger charge is -2.24. The van der Waals surface area contributed by atoms with Crippen LogP contribution >= 0.6 is 0 Å². The molecule has 0 aliphatic carbocycles. The fourth-order valence-corrected chi connectivity index (χ4v) is 4.24. The van der Waals surface area contributed by atoms with Crippen LogP contribution in [-0.4, -0.2) is 17.0 Å². The molecule has 31 heavy (non-hydrogen) atoms. The van der Waals surface area contributed by atoms with Crippen molar-refractivity contribution in [2.24, 2.45) is 5.73 Å². The number of ether oxygens (including phenoxy) is 3. The van der Waals surface area contributed by atoms with Gasteiger partial charge in [-0.1, -0.05) is 42.5 Å².